The van der Waals surface area contributed by atoms with Crippen molar-refractivity contribution >= 4 is 5.91 Å². The summed E-state index contributed by atoms with van der Waals surface area (Å²) in [6.45, 7) is 4.16. The van der Waals surface area contributed by atoms with Gasteiger partial charge in [-0.15, -0.1) is 0 Å². The average Bonchev–Trinajstić information content (AvgIpc) is 3.06. The van der Waals surface area contributed by atoms with E-state index in [0.29, 0.717) is 6.10 Å². The summed E-state index contributed by atoms with van der Waals surface area (Å²) in [5.41, 5.74) is 0.844. The molecule has 2 fully saturated rings. The number of hydrogen-bond acceptors (Lipinski definition) is 2. The van der Waals surface area contributed by atoms with Crippen LogP contribution in [-0.2, 0) is 9.53 Å². The van der Waals surface area contributed by atoms with Crippen LogP contribution in [0, 0.1) is 5.41 Å². The van der Waals surface area contributed by atoms with Crippen molar-refractivity contribution in [2.45, 2.75) is 51.4 Å². The van der Waals surface area contributed by atoms with Crippen LogP contribution in [0.5, 0.6) is 0 Å². The lowest BCUT2D eigenvalue weighted by Crippen LogP contribution is -2.46. The van der Waals surface area contributed by atoms with Crippen LogP contribution in [0.4, 0.5) is 0 Å². The zero-order chi connectivity index (χ0) is 14.3. The van der Waals surface area contributed by atoms with Gasteiger partial charge in [-0.3, -0.25) is 4.79 Å². The normalized spacial score (nSPS) is 33.1. The molecule has 4 atom stereocenters. The van der Waals surface area contributed by atoms with E-state index >= 15 is 0 Å². The SMILES string of the molecule is C[C@@H](c1ccccc1)N(C)C(=O)[C@@]1(C)C[C@H]2CC[C@H]1O2. The minimum Gasteiger partial charge on any atom is -0.374 e. The average molecular weight is 273 g/mol. The Morgan fingerprint density at radius 3 is 2.60 bits per heavy atom. The van der Waals surface area contributed by atoms with Crippen molar-refractivity contribution < 1.29 is 9.53 Å². The molecule has 2 saturated heterocycles. The van der Waals surface area contributed by atoms with Gasteiger partial charge >= 0.3 is 0 Å². The number of benzene rings is 1. The van der Waals surface area contributed by atoms with Crippen molar-refractivity contribution in [3.63, 3.8) is 0 Å². The Hall–Kier alpha value is -1.35. The third-order valence-corrected chi connectivity index (χ3v) is 5.14. The molecule has 0 N–H and O–H groups in total. The lowest BCUT2D eigenvalue weighted by Gasteiger charge is -2.36. The van der Waals surface area contributed by atoms with E-state index in [0.717, 1.165) is 19.3 Å². The number of nitrogens with zero attached hydrogens (tertiary/aromatic N) is 1. The molecule has 1 amide bonds. The van der Waals surface area contributed by atoms with Crippen LogP contribution in [0.3, 0.4) is 0 Å². The van der Waals surface area contributed by atoms with Crippen LogP contribution in [0.25, 0.3) is 0 Å². The number of carbonyl (C=O) groups is 1. The van der Waals surface area contributed by atoms with E-state index in [4.69, 9.17) is 4.74 Å². The van der Waals surface area contributed by atoms with Gasteiger partial charge < -0.3 is 9.64 Å². The number of hydrogen-bond donors (Lipinski definition) is 0. The van der Waals surface area contributed by atoms with Crippen LogP contribution in [-0.4, -0.2) is 30.1 Å². The molecule has 1 aromatic carbocycles. The molecule has 0 saturated carbocycles. The molecule has 3 heteroatoms. The highest BCUT2D eigenvalue weighted by Gasteiger charge is 2.54. The molecular weight excluding hydrogens is 250 g/mol. The minimum atomic E-state index is -0.333. The third kappa shape index (κ3) is 2.05. The van der Waals surface area contributed by atoms with Crippen LogP contribution >= 0.6 is 0 Å². The maximum atomic E-state index is 12.9. The molecule has 2 aliphatic rings. The van der Waals surface area contributed by atoms with Crippen LogP contribution in [0.15, 0.2) is 30.3 Å². The van der Waals surface area contributed by atoms with E-state index < -0.39 is 0 Å². The molecule has 3 nitrogen and oxygen atoms in total. The zero-order valence-electron chi connectivity index (χ0n) is 12.5. The second kappa shape index (κ2) is 4.88. The van der Waals surface area contributed by atoms with Gasteiger partial charge in [-0.1, -0.05) is 30.3 Å². The standard InChI is InChI=1S/C17H23NO2/c1-12(13-7-5-4-6-8-13)18(3)16(19)17(2)11-14-9-10-15(17)20-14/h4-8,12,14-15H,9-11H2,1-3H3/t12-,14+,15+,17-/m0/s1. The van der Waals surface area contributed by atoms with E-state index in [9.17, 15) is 4.79 Å². The molecule has 0 radical (unpaired) electrons. The summed E-state index contributed by atoms with van der Waals surface area (Å²) in [5, 5.41) is 0. The number of ether oxygens (including phenoxy) is 1. The Morgan fingerprint density at radius 2 is 2.05 bits per heavy atom. The molecule has 3 rings (SSSR count). The lowest BCUT2D eigenvalue weighted by atomic mass is 9.74. The summed E-state index contributed by atoms with van der Waals surface area (Å²) in [7, 11) is 1.91. The maximum absolute atomic E-state index is 12.9. The second-order valence-corrected chi connectivity index (χ2v) is 6.45. The van der Waals surface area contributed by atoms with Gasteiger partial charge in [0.1, 0.15) is 0 Å². The van der Waals surface area contributed by atoms with Crippen molar-refractivity contribution in [2.24, 2.45) is 5.41 Å². The van der Waals surface area contributed by atoms with Crippen molar-refractivity contribution in [1.82, 2.24) is 4.90 Å². The summed E-state index contributed by atoms with van der Waals surface area (Å²) in [6.07, 6.45) is 3.44. The van der Waals surface area contributed by atoms with E-state index in [2.05, 4.69) is 26.0 Å². The first kappa shape index (κ1) is 13.6. The van der Waals surface area contributed by atoms with Gasteiger partial charge in [0.2, 0.25) is 5.91 Å². The Labute approximate surface area is 120 Å². The van der Waals surface area contributed by atoms with Gasteiger partial charge in [-0.05, 0) is 38.7 Å². The molecule has 0 unspecified atom stereocenters. The first-order valence-corrected chi connectivity index (χ1v) is 7.50. The van der Waals surface area contributed by atoms with Crippen molar-refractivity contribution in [3.8, 4) is 0 Å². The van der Waals surface area contributed by atoms with Gasteiger partial charge in [0.15, 0.2) is 0 Å². The Bertz CT molecular complexity index is 501. The van der Waals surface area contributed by atoms with Gasteiger partial charge in [0.25, 0.3) is 0 Å². The molecule has 0 aromatic heterocycles. The molecule has 1 aromatic rings. The van der Waals surface area contributed by atoms with Gasteiger partial charge in [-0.25, -0.2) is 0 Å². The second-order valence-electron chi connectivity index (χ2n) is 6.45. The molecule has 2 heterocycles. The maximum Gasteiger partial charge on any atom is 0.231 e. The quantitative estimate of drug-likeness (QED) is 0.846. The summed E-state index contributed by atoms with van der Waals surface area (Å²) >= 11 is 0. The van der Waals surface area contributed by atoms with E-state index in [-0.39, 0.29) is 23.5 Å². The molecule has 0 aliphatic carbocycles. The fourth-order valence-electron chi connectivity index (χ4n) is 3.69. The fourth-order valence-corrected chi connectivity index (χ4v) is 3.69. The van der Waals surface area contributed by atoms with Gasteiger partial charge in [-0.2, -0.15) is 0 Å². The highest BCUT2D eigenvalue weighted by molar-refractivity contribution is 5.83. The first-order valence-electron chi connectivity index (χ1n) is 7.50. The smallest absolute Gasteiger partial charge is 0.231 e. The van der Waals surface area contributed by atoms with Crippen LogP contribution < -0.4 is 0 Å². The molecule has 2 aliphatic heterocycles. The molecule has 0 spiro atoms. The summed E-state index contributed by atoms with van der Waals surface area (Å²) < 4.78 is 5.90. The Kier molecular flexibility index (Phi) is 3.33. The molecule has 108 valence electrons. The highest BCUT2D eigenvalue weighted by Crippen LogP contribution is 2.48. The molecular formula is C17H23NO2. The van der Waals surface area contributed by atoms with E-state index in [1.165, 1.54) is 5.56 Å². The number of carbonyl (C=O) groups excluding carboxylic acids is 1. The van der Waals surface area contributed by atoms with E-state index in [1.54, 1.807) is 0 Å². The topological polar surface area (TPSA) is 29.5 Å². The molecule has 20 heavy (non-hydrogen) atoms. The predicted octanol–water partition coefficient (Wildman–Crippen LogP) is 3.16. The van der Waals surface area contributed by atoms with Crippen LogP contribution in [0.1, 0.15) is 44.7 Å². The zero-order valence-corrected chi connectivity index (χ0v) is 12.5. The minimum absolute atomic E-state index is 0.0969. The highest BCUT2D eigenvalue weighted by atomic mass is 16.5. The van der Waals surface area contributed by atoms with Crippen molar-refractivity contribution in [1.29, 1.82) is 0 Å². The lowest BCUT2D eigenvalue weighted by molar-refractivity contribution is -0.144. The van der Waals surface area contributed by atoms with Gasteiger partial charge in [0.05, 0.1) is 23.7 Å². The molecule has 2 bridgehead atoms. The summed E-state index contributed by atoms with van der Waals surface area (Å²) in [4.78, 5) is 14.8. The summed E-state index contributed by atoms with van der Waals surface area (Å²) in [5.74, 6) is 0.223. The predicted molar refractivity (Wildman–Crippen MR) is 78.2 cm³/mol. The van der Waals surface area contributed by atoms with Crippen molar-refractivity contribution in [3.05, 3.63) is 35.9 Å². The third-order valence-electron chi connectivity index (χ3n) is 5.14. The van der Waals surface area contributed by atoms with Crippen molar-refractivity contribution in [2.75, 3.05) is 7.05 Å². The summed E-state index contributed by atoms with van der Waals surface area (Å²) in [6, 6.07) is 10.3. The number of amides is 1. The Morgan fingerprint density at radius 1 is 1.35 bits per heavy atom. The number of fused-ring (bicyclic) bond motifs is 2. The fraction of sp³-hybridized carbons (Fsp3) is 0.588. The Balaban J connectivity index is 1.77. The van der Waals surface area contributed by atoms with Crippen LogP contribution in [0.2, 0.25) is 0 Å². The first-order chi connectivity index (χ1) is 9.52. The number of rotatable bonds is 3. The van der Waals surface area contributed by atoms with Gasteiger partial charge in [0, 0.05) is 7.05 Å². The monoisotopic (exact) mass is 273 g/mol. The van der Waals surface area contributed by atoms with E-state index in [1.807, 2.05) is 30.1 Å². The largest absolute Gasteiger partial charge is 0.374 e.